The number of nitrogens with one attached hydrogen (secondary N) is 4. The molecule has 6 aliphatic heterocycles. The van der Waals surface area contributed by atoms with Crippen LogP contribution in [-0.2, 0) is 28.8 Å². The van der Waals surface area contributed by atoms with E-state index in [0.717, 1.165) is 34.5 Å². The number of rotatable bonds is 0. The van der Waals surface area contributed by atoms with Gasteiger partial charge in [-0.05, 0) is 82.5 Å². The van der Waals surface area contributed by atoms with Gasteiger partial charge in [-0.25, -0.2) is 0 Å². The summed E-state index contributed by atoms with van der Waals surface area (Å²) in [5.74, 6) is -2.98. The molecule has 6 aliphatic rings. The van der Waals surface area contributed by atoms with Crippen molar-refractivity contribution in [2.24, 2.45) is 0 Å². The second-order valence-corrected chi connectivity index (χ2v) is 14.9. The van der Waals surface area contributed by atoms with Crippen LogP contribution >= 0.6 is 24.4 Å². The third-order valence-electron chi connectivity index (χ3n) is 9.75. The lowest BCUT2D eigenvalue weighted by molar-refractivity contribution is -0.125. The lowest BCUT2D eigenvalue weighted by atomic mass is 9.80. The Morgan fingerprint density at radius 1 is 0.640 bits per heavy atom. The molecule has 2 aromatic carbocycles. The zero-order valence-corrected chi connectivity index (χ0v) is 29.6. The second-order valence-electron chi connectivity index (χ2n) is 14.1. The van der Waals surface area contributed by atoms with Gasteiger partial charge in [0, 0.05) is 22.2 Å². The molecule has 254 valence electrons. The summed E-state index contributed by atoms with van der Waals surface area (Å²) >= 11 is 9.67. The molecule has 6 heterocycles. The van der Waals surface area contributed by atoms with Crippen LogP contribution in [0.15, 0.2) is 53.6 Å². The van der Waals surface area contributed by atoms with Crippen LogP contribution < -0.4 is 31.1 Å². The average Bonchev–Trinajstić information content (AvgIpc) is 3.46. The van der Waals surface area contributed by atoms with Gasteiger partial charge >= 0.3 is 0 Å². The number of carbonyl (C=O) groups is 6. The number of nitrogens with zero attached hydrogens (tertiary/aromatic N) is 2. The van der Waals surface area contributed by atoms with Crippen LogP contribution in [0.25, 0.3) is 16.7 Å². The van der Waals surface area contributed by atoms with E-state index < -0.39 is 34.7 Å². The summed E-state index contributed by atoms with van der Waals surface area (Å²) in [6, 6.07) is 11.2. The van der Waals surface area contributed by atoms with Gasteiger partial charge in [-0.3, -0.25) is 54.9 Å². The Morgan fingerprint density at radius 3 is 1.60 bits per heavy atom. The number of hydrogen-bond donors (Lipinski definition) is 4. The van der Waals surface area contributed by atoms with E-state index in [1.807, 2.05) is 65.0 Å². The van der Waals surface area contributed by atoms with Gasteiger partial charge in [-0.2, -0.15) is 0 Å². The van der Waals surface area contributed by atoms with Crippen molar-refractivity contribution in [3.05, 3.63) is 75.9 Å². The number of allylic oxidation sites excluding steroid dienone is 1. The molecule has 0 spiro atoms. The van der Waals surface area contributed by atoms with Crippen molar-refractivity contribution in [2.75, 3.05) is 9.80 Å². The van der Waals surface area contributed by atoms with E-state index >= 15 is 0 Å². The van der Waals surface area contributed by atoms with E-state index in [9.17, 15) is 28.8 Å². The SMILES string of the molecule is CC1=CC(C)(C)N2C(=O)C(=C3C(=O)NC(=S)NC3=O)c3cccc1c32.CC1CC(C)(C)N2C(=O)C(=C3C(=O)NC(=S)NC3=O)c3cccc1c32. The van der Waals surface area contributed by atoms with Crippen LogP contribution in [0.1, 0.15) is 76.1 Å². The van der Waals surface area contributed by atoms with Gasteiger partial charge in [0.2, 0.25) is 0 Å². The Labute approximate surface area is 298 Å². The van der Waals surface area contributed by atoms with Gasteiger partial charge in [-0.15, -0.1) is 0 Å². The highest BCUT2D eigenvalue weighted by Gasteiger charge is 2.50. The molecule has 14 heteroatoms. The monoisotopic (exact) mass is 708 g/mol. The minimum absolute atomic E-state index is 0.0473. The number of hydrogen-bond acceptors (Lipinski definition) is 8. The van der Waals surface area contributed by atoms with Gasteiger partial charge in [0.1, 0.15) is 11.1 Å². The highest BCUT2D eigenvalue weighted by Crippen LogP contribution is 2.53. The van der Waals surface area contributed by atoms with Crippen LogP contribution in [0.5, 0.6) is 0 Å². The normalized spacial score (nSPS) is 22.7. The van der Waals surface area contributed by atoms with Crippen LogP contribution in [0.4, 0.5) is 11.4 Å². The predicted octanol–water partition coefficient (Wildman–Crippen LogP) is 3.12. The Morgan fingerprint density at radius 2 is 1.08 bits per heavy atom. The molecule has 2 aromatic rings. The fourth-order valence-electron chi connectivity index (χ4n) is 7.99. The highest BCUT2D eigenvalue weighted by molar-refractivity contribution is 7.80. The molecule has 50 heavy (non-hydrogen) atoms. The predicted molar refractivity (Wildman–Crippen MR) is 194 cm³/mol. The van der Waals surface area contributed by atoms with Crippen molar-refractivity contribution in [1.29, 1.82) is 0 Å². The van der Waals surface area contributed by atoms with Crippen molar-refractivity contribution in [3.8, 4) is 0 Å². The number of anilines is 2. The Kier molecular flexibility index (Phi) is 7.35. The van der Waals surface area contributed by atoms with E-state index in [-0.39, 0.29) is 50.2 Å². The first-order chi connectivity index (χ1) is 23.4. The van der Waals surface area contributed by atoms with E-state index in [1.165, 1.54) is 0 Å². The second kappa shape index (κ2) is 11.1. The maximum atomic E-state index is 13.2. The van der Waals surface area contributed by atoms with E-state index in [0.29, 0.717) is 11.1 Å². The summed E-state index contributed by atoms with van der Waals surface area (Å²) in [6.45, 7) is 12.0. The summed E-state index contributed by atoms with van der Waals surface area (Å²) in [4.78, 5) is 79.4. The Hall–Kier alpha value is -5.34. The zero-order valence-electron chi connectivity index (χ0n) is 28.0. The van der Waals surface area contributed by atoms with Crippen LogP contribution in [0.2, 0.25) is 0 Å². The van der Waals surface area contributed by atoms with E-state index in [1.54, 1.807) is 21.9 Å². The molecule has 4 N–H and O–H groups in total. The standard InChI is InChI=1S/C18H17N3O3S.C18H15N3O3S/c2*1-8-7-18(2,3)21-13-9(8)5-4-6-10(13)11(16(21)24)12-14(22)19-17(25)20-15(12)23/h4-6,8H,7H2,1-3H3,(H2,19,20,22,23,25);4-7H,1-3H3,(H2,19,20,22,23,25). The molecule has 0 aliphatic carbocycles. The molecule has 0 aromatic heterocycles. The number of benzene rings is 2. The van der Waals surface area contributed by atoms with Crippen LogP contribution in [0.3, 0.4) is 0 Å². The molecule has 1 unspecified atom stereocenters. The third-order valence-corrected chi connectivity index (χ3v) is 10.2. The summed E-state index contributed by atoms with van der Waals surface area (Å²) in [5.41, 5.74) is 4.74. The highest BCUT2D eigenvalue weighted by atomic mass is 32.1. The first-order valence-electron chi connectivity index (χ1n) is 15.9. The van der Waals surface area contributed by atoms with Crippen LogP contribution in [0, 0.1) is 0 Å². The molecule has 6 amide bonds. The van der Waals surface area contributed by atoms with Crippen molar-refractivity contribution in [2.45, 2.75) is 65.0 Å². The molecule has 0 radical (unpaired) electrons. The fraction of sp³-hybridized carbons (Fsp3) is 0.278. The first kappa shape index (κ1) is 33.2. The Bertz CT molecular complexity index is 2150. The molecule has 0 bridgehead atoms. The average molecular weight is 709 g/mol. The molecular formula is C36H32N6O6S2. The fourth-order valence-corrected chi connectivity index (χ4v) is 8.36. The summed E-state index contributed by atoms with van der Waals surface area (Å²) in [5, 5.41) is 9.52. The number of thiocarbonyl (C=S) groups is 2. The lowest BCUT2D eigenvalue weighted by Gasteiger charge is -2.43. The minimum atomic E-state index is -0.656. The molecule has 1 atom stereocenters. The summed E-state index contributed by atoms with van der Waals surface area (Å²) in [6.07, 6.45) is 2.82. The smallest absolute Gasteiger partial charge is 0.263 e. The van der Waals surface area contributed by atoms with E-state index in [2.05, 4.69) is 28.2 Å². The van der Waals surface area contributed by atoms with Gasteiger partial charge in [0.15, 0.2) is 10.2 Å². The molecular weight excluding hydrogens is 677 g/mol. The first-order valence-corrected chi connectivity index (χ1v) is 16.7. The van der Waals surface area contributed by atoms with Crippen molar-refractivity contribution in [1.82, 2.24) is 21.3 Å². The van der Waals surface area contributed by atoms with Gasteiger partial charge in [0.05, 0.1) is 28.1 Å². The van der Waals surface area contributed by atoms with Gasteiger partial charge < -0.3 is 4.90 Å². The molecule has 2 fully saturated rings. The zero-order chi connectivity index (χ0) is 36.2. The number of para-hydroxylation sites is 2. The Balaban J connectivity index is 0.000000157. The largest absolute Gasteiger partial charge is 0.302 e. The van der Waals surface area contributed by atoms with Gasteiger partial charge in [0.25, 0.3) is 35.4 Å². The lowest BCUT2D eigenvalue weighted by Crippen LogP contribution is -2.53. The minimum Gasteiger partial charge on any atom is -0.302 e. The van der Waals surface area contributed by atoms with E-state index in [4.69, 9.17) is 24.4 Å². The number of carbonyl (C=O) groups excluding carboxylic acids is 6. The maximum absolute atomic E-state index is 13.2. The van der Waals surface area contributed by atoms with Crippen molar-refractivity contribution in [3.63, 3.8) is 0 Å². The summed E-state index contributed by atoms with van der Waals surface area (Å²) in [7, 11) is 0. The molecule has 12 nitrogen and oxygen atoms in total. The van der Waals surface area contributed by atoms with Crippen LogP contribution in [-0.4, -0.2) is 56.7 Å². The maximum Gasteiger partial charge on any atom is 0.263 e. The van der Waals surface area contributed by atoms with Crippen molar-refractivity contribution < 1.29 is 28.8 Å². The van der Waals surface area contributed by atoms with Gasteiger partial charge in [-0.1, -0.05) is 49.4 Å². The van der Waals surface area contributed by atoms with Crippen molar-refractivity contribution >= 4 is 98.2 Å². The molecule has 2 saturated heterocycles. The quantitative estimate of drug-likeness (QED) is 0.185. The topological polar surface area (TPSA) is 157 Å². The molecule has 8 rings (SSSR count). The summed E-state index contributed by atoms with van der Waals surface area (Å²) < 4.78 is 0. The number of amides is 6. The molecule has 0 saturated carbocycles. The third kappa shape index (κ3) is 4.76.